The number of benzene rings is 2. The summed E-state index contributed by atoms with van der Waals surface area (Å²) >= 11 is 3.01. The number of nitrogens with two attached hydrogens (primary N) is 1. The summed E-state index contributed by atoms with van der Waals surface area (Å²) in [4.78, 5) is 0. The Kier molecular flexibility index (Phi) is 4.35. The van der Waals surface area contributed by atoms with Gasteiger partial charge >= 0.3 is 0 Å². The molecular weight excluding hydrogens is 335 g/mol. The summed E-state index contributed by atoms with van der Waals surface area (Å²) < 4.78 is 45.9. The van der Waals surface area contributed by atoms with E-state index in [0.717, 1.165) is 6.07 Å². The molecule has 2 nitrogen and oxygen atoms in total. The zero-order valence-electron chi connectivity index (χ0n) is 10.5. The summed E-state index contributed by atoms with van der Waals surface area (Å²) in [6.45, 7) is 1.71. The molecule has 0 heterocycles. The number of hydrogen-bond acceptors (Lipinski definition) is 2. The number of rotatable bonds is 3. The van der Waals surface area contributed by atoms with Crippen LogP contribution >= 0.6 is 15.9 Å². The molecule has 1 atom stereocenters. The molecule has 0 amide bonds. The fourth-order valence-electron chi connectivity index (χ4n) is 1.61. The third kappa shape index (κ3) is 3.13. The SMILES string of the molecule is CC(N)c1ccc(Oc2cc(Br)cc(F)c2F)c(F)c1. The normalized spacial score (nSPS) is 12.3. The second kappa shape index (κ2) is 5.85. The highest BCUT2D eigenvalue weighted by Gasteiger charge is 2.15. The van der Waals surface area contributed by atoms with Gasteiger partial charge in [-0.05, 0) is 36.8 Å². The molecule has 20 heavy (non-hydrogen) atoms. The van der Waals surface area contributed by atoms with Crippen molar-refractivity contribution in [2.45, 2.75) is 13.0 Å². The van der Waals surface area contributed by atoms with Gasteiger partial charge in [0.2, 0.25) is 5.82 Å². The highest BCUT2D eigenvalue weighted by Crippen LogP contribution is 2.31. The topological polar surface area (TPSA) is 35.2 Å². The van der Waals surface area contributed by atoms with Crippen molar-refractivity contribution in [3.05, 3.63) is 57.8 Å². The first kappa shape index (κ1) is 14.9. The van der Waals surface area contributed by atoms with Gasteiger partial charge in [-0.15, -0.1) is 0 Å². The zero-order chi connectivity index (χ0) is 14.9. The fourth-order valence-corrected chi connectivity index (χ4v) is 2.02. The quantitative estimate of drug-likeness (QED) is 0.819. The first-order valence-electron chi connectivity index (χ1n) is 5.76. The van der Waals surface area contributed by atoms with Crippen LogP contribution in [0.3, 0.4) is 0 Å². The molecule has 1 unspecified atom stereocenters. The predicted molar refractivity (Wildman–Crippen MR) is 73.1 cm³/mol. The number of halogens is 4. The number of ether oxygens (including phenoxy) is 1. The van der Waals surface area contributed by atoms with Crippen molar-refractivity contribution in [3.8, 4) is 11.5 Å². The first-order chi connectivity index (χ1) is 9.38. The van der Waals surface area contributed by atoms with Gasteiger partial charge in [0.1, 0.15) is 0 Å². The molecule has 0 aromatic heterocycles. The third-order valence-corrected chi connectivity index (χ3v) is 3.12. The smallest absolute Gasteiger partial charge is 0.201 e. The average molecular weight is 346 g/mol. The average Bonchev–Trinajstić information content (AvgIpc) is 2.37. The van der Waals surface area contributed by atoms with E-state index in [9.17, 15) is 13.2 Å². The summed E-state index contributed by atoms with van der Waals surface area (Å²) in [5, 5.41) is 0. The summed E-state index contributed by atoms with van der Waals surface area (Å²) in [6, 6.07) is 5.93. The lowest BCUT2D eigenvalue weighted by molar-refractivity contribution is 0.396. The van der Waals surface area contributed by atoms with E-state index in [1.165, 1.54) is 18.2 Å². The van der Waals surface area contributed by atoms with Crippen LogP contribution in [-0.2, 0) is 0 Å². The molecule has 0 fully saturated rings. The standard InChI is InChI=1S/C14H11BrF3NO/c1-7(19)8-2-3-12(10(16)4-8)20-13-6-9(15)5-11(17)14(13)18/h2-7H,19H2,1H3. The van der Waals surface area contributed by atoms with Gasteiger partial charge in [0, 0.05) is 10.5 Å². The second-order valence-corrected chi connectivity index (χ2v) is 5.20. The van der Waals surface area contributed by atoms with Gasteiger partial charge < -0.3 is 10.5 Å². The van der Waals surface area contributed by atoms with E-state index in [-0.39, 0.29) is 11.8 Å². The Labute approximate surface area is 122 Å². The molecule has 0 bridgehead atoms. The van der Waals surface area contributed by atoms with Crippen molar-refractivity contribution >= 4 is 15.9 Å². The van der Waals surface area contributed by atoms with E-state index in [4.69, 9.17) is 10.5 Å². The molecule has 0 aliphatic rings. The number of hydrogen-bond donors (Lipinski definition) is 1. The Morgan fingerprint density at radius 2 is 1.75 bits per heavy atom. The maximum absolute atomic E-state index is 13.8. The highest BCUT2D eigenvalue weighted by molar-refractivity contribution is 9.10. The van der Waals surface area contributed by atoms with E-state index >= 15 is 0 Å². The van der Waals surface area contributed by atoms with Crippen LogP contribution in [0.1, 0.15) is 18.5 Å². The molecule has 106 valence electrons. The van der Waals surface area contributed by atoms with Crippen LogP contribution in [0.25, 0.3) is 0 Å². The Balaban J connectivity index is 2.35. The van der Waals surface area contributed by atoms with Crippen LogP contribution < -0.4 is 10.5 Å². The summed E-state index contributed by atoms with van der Waals surface area (Å²) in [7, 11) is 0. The van der Waals surface area contributed by atoms with E-state index in [1.807, 2.05) is 0 Å². The van der Waals surface area contributed by atoms with Crippen LogP contribution in [-0.4, -0.2) is 0 Å². The van der Waals surface area contributed by atoms with Crippen molar-refractivity contribution in [1.29, 1.82) is 0 Å². The summed E-state index contributed by atoms with van der Waals surface area (Å²) in [5.74, 6) is -3.56. The molecule has 0 saturated heterocycles. The van der Waals surface area contributed by atoms with Crippen molar-refractivity contribution in [2.24, 2.45) is 5.73 Å². The van der Waals surface area contributed by atoms with Crippen molar-refractivity contribution in [1.82, 2.24) is 0 Å². The van der Waals surface area contributed by atoms with E-state index < -0.39 is 23.2 Å². The largest absolute Gasteiger partial charge is 0.451 e. The molecule has 0 radical (unpaired) electrons. The Morgan fingerprint density at radius 1 is 1.05 bits per heavy atom. The van der Waals surface area contributed by atoms with Gasteiger partial charge in [0.15, 0.2) is 23.1 Å². The Morgan fingerprint density at radius 3 is 2.35 bits per heavy atom. The van der Waals surface area contributed by atoms with Crippen LogP contribution in [0.2, 0.25) is 0 Å². The molecule has 0 saturated carbocycles. The van der Waals surface area contributed by atoms with Crippen molar-refractivity contribution < 1.29 is 17.9 Å². The lowest BCUT2D eigenvalue weighted by Crippen LogP contribution is -2.05. The van der Waals surface area contributed by atoms with Crippen LogP contribution in [0.4, 0.5) is 13.2 Å². The molecule has 2 aromatic rings. The van der Waals surface area contributed by atoms with Gasteiger partial charge in [0.05, 0.1) is 0 Å². The van der Waals surface area contributed by atoms with Crippen molar-refractivity contribution in [2.75, 3.05) is 0 Å². The third-order valence-electron chi connectivity index (χ3n) is 2.66. The second-order valence-electron chi connectivity index (χ2n) is 4.28. The molecule has 0 spiro atoms. The van der Waals surface area contributed by atoms with Crippen LogP contribution in [0.15, 0.2) is 34.8 Å². The molecule has 6 heteroatoms. The lowest BCUT2D eigenvalue weighted by atomic mass is 10.1. The van der Waals surface area contributed by atoms with E-state index in [1.54, 1.807) is 13.0 Å². The lowest BCUT2D eigenvalue weighted by Gasteiger charge is -2.11. The predicted octanol–water partition coefficient (Wildman–Crippen LogP) is 4.68. The maximum atomic E-state index is 13.8. The van der Waals surface area contributed by atoms with Crippen LogP contribution in [0.5, 0.6) is 11.5 Å². The summed E-state index contributed by atoms with van der Waals surface area (Å²) in [5.41, 5.74) is 6.21. The van der Waals surface area contributed by atoms with Gasteiger partial charge in [-0.3, -0.25) is 0 Å². The van der Waals surface area contributed by atoms with Gasteiger partial charge in [-0.1, -0.05) is 22.0 Å². The van der Waals surface area contributed by atoms with Gasteiger partial charge in [0.25, 0.3) is 0 Å². The zero-order valence-corrected chi connectivity index (χ0v) is 12.0. The minimum Gasteiger partial charge on any atom is -0.451 e. The Hall–Kier alpha value is -1.53. The maximum Gasteiger partial charge on any atom is 0.201 e. The molecule has 0 aliphatic carbocycles. The van der Waals surface area contributed by atoms with Gasteiger partial charge in [-0.25, -0.2) is 8.78 Å². The van der Waals surface area contributed by atoms with E-state index in [2.05, 4.69) is 15.9 Å². The minimum absolute atomic E-state index is 0.203. The van der Waals surface area contributed by atoms with Crippen LogP contribution in [0, 0.1) is 17.5 Å². The fraction of sp³-hybridized carbons (Fsp3) is 0.143. The monoisotopic (exact) mass is 345 g/mol. The molecule has 0 aliphatic heterocycles. The van der Waals surface area contributed by atoms with Gasteiger partial charge in [-0.2, -0.15) is 4.39 Å². The molecular formula is C14H11BrF3NO. The minimum atomic E-state index is -1.18. The van der Waals surface area contributed by atoms with Crippen molar-refractivity contribution in [3.63, 3.8) is 0 Å². The molecule has 2 aromatic carbocycles. The Bertz CT molecular complexity index is 647. The highest BCUT2D eigenvalue weighted by atomic mass is 79.9. The first-order valence-corrected chi connectivity index (χ1v) is 6.55. The molecule has 2 rings (SSSR count). The summed E-state index contributed by atoms with van der Waals surface area (Å²) in [6.07, 6.45) is 0. The van der Waals surface area contributed by atoms with E-state index in [0.29, 0.717) is 10.0 Å². The molecule has 2 N–H and O–H groups in total.